The van der Waals surface area contributed by atoms with Crippen LogP contribution in [-0.4, -0.2) is 5.91 Å². The second-order valence-corrected chi connectivity index (χ2v) is 5.72. The van der Waals surface area contributed by atoms with Gasteiger partial charge in [0.05, 0.1) is 11.3 Å². The molecular weight excluding hydrogens is 377 g/mol. The smallest absolute Gasteiger partial charge is 0.256 e. The lowest BCUT2D eigenvalue weighted by molar-refractivity contribution is 0.102. The van der Waals surface area contributed by atoms with Crippen LogP contribution in [0.1, 0.15) is 15.9 Å². The number of amides is 1. The minimum Gasteiger partial charge on any atom is -0.319 e. The van der Waals surface area contributed by atoms with Crippen molar-refractivity contribution < 1.29 is 9.18 Å². The van der Waals surface area contributed by atoms with Gasteiger partial charge in [-0.25, -0.2) is 4.39 Å². The molecule has 0 aliphatic carbocycles. The zero-order chi connectivity index (χ0) is 14.0. The van der Waals surface area contributed by atoms with Crippen molar-refractivity contribution in [1.29, 1.82) is 0 Å². The second kappa shape index (κ2) is 5.84. The summed E-state index contributed by atoms with van der Waals surface area (Å²) in [4.78, 5) is 12.1. The quantitative estimate of drug-likeness (QED) is 0.780. The largest absolute Gasteiger partial charge is 0.319 e. The third kappa shape index (κ3) is 3.22. The summed E-state index contributed by atoms with van der Waals surface area (Å²) in [6, 6.07) is 9.85. The van der Waals surface area contributed by atoms with Crippen LogP contribution in [0.25, 0.3) is 0 Å². The molecule has 98 valence electrons. The van der Waals surface area contributed by atoms with Gasteiger partial charge in [0.1, 0.15) is 5.82 Å². The molecule has 0 bridgehead atoms. The van der Waals surface area contributed by atoms with Crippen molar-refractivity contribution in [2.45, 2.75) is 6.92 Å². The van der Waals surface area contributed by atoms with Crippen molar-refractivity contribution in [3.63, 3.8) is 0 Å². The second-order valence-electron chi connectivity index (χ2n) is 4.01. The number of aryl methyl sites for hydroxylation is 1. The van der Waals surface area contributed by atoms with Crippen molar-refractivity contribution >= 4 is 43.5 Å². The van der Waals surface area contributed by atoms with Crippen LogP contribution in [0, 0.1) is 12.7 Å². The van der Waals surface area contributed by atoms with Crippen molar-refractivity contribution in [3.8, 4) is 0 Å². The molecule has 0 unspecified atom stereocenters. The minimum absolute atomic E-state index is 0.154. The summed E-state index contributed by atoms with van der Waals surface area (Å²) < 4.78 is 15.0. The number of carbonyl (C=O) groups excluding carboxylic acids is 1. The molecule has 1 N–H and O–H groups in total. The Morgan fingerprint density at radius 1 is 1.21 bits per heavy atom. The number of benzene rings is 2. The van der Waals surface area contributed by atoms with Crippen molar-refractivity contribution in [3.05, 3.63) is 62.3 Å². The van der Waals surface area contributed by atoms with Crippen molar-refractivity contribution in [1.82, 2.24) is 0 Å². The first-order valence-corrected chi connectivity index (χ1v) is 7.09. The Balaban J connectivity index is 2.28. The number of hydrogen-bond donors (Lipinski definition) is 1. The summed E-state index contributed by atoms with van der Waals surface area (Å²) in [6.07, 6.45) is 0. The molecule has 0 aliphatic heterocycles. The lowest BCUT2D eigenvalue weighted by atomic mass is 10.1. The van der Waals surface area contributed by atoms with E-state index in [1.165, 1.54) is 12.1 Å². The monoisotopic (exact) mass is 385 g/mol. The summed E-state index contributed by atoms with van der Waals surface area (Å²) >= 11 is 6.53. The van der Waals surface area contributed by atoms with Crippen LogP contribution in [-0.2, 0) is 0 Å². The van der Waals surface area contributed by atoms with Gasteiger partial charge in [-0.3, -0.25) is 4.79 Å². The minimum atomic E-state index is -0.480. The van der Waals surface area contributed by atoms with E-state index in [9.17, 15) is 9.18 Å². The molecule has 0 aliphatic rings. The molecule has 0 atom stereocenters. The maximum absolute atomic E-state index is 13.6. The van der Waals surface area contributed by atoms with Gasteiger partial charge in [0.15, 0.2) is 0 Å². The van der Waals surface area contributed by atoms with Gasteiger partial charge in [0.2, 0.25) is 0 Å². The van der Waals surface area contributed by atoms with Crippen LogP contribution in [0.2, 0.25) is 0 Å². The van der Waals surface area contributed by atoms with Gasteiger partial charge < -0.3 is 5.32 Å². The van der Waals surface area contributed by atoms with E-state index >= 15 is 0 Å². The third-order valence-electron chi connectivity index (χ3n) is 2.62. The number of halogens is 3. The van der Waals surface area contributed by atoms with Gasteiger partial charge in [-0.05, 0) is 52.7 Å². The van der Waals surface area contributed by atoms with Gasteiger partial charge in [0.25, 0.3) is 5.91 Å². The maximum atomic E-state index is 13.6. The van der Waals surface area contributed by atoms with E-state index in [1.54, 1.807) is 18.2 Å². The van der Waals surface area contributed by atoms with Crippen molar-refractivity contribution in [2.75, 3.05) is 5.32 Å². The van der Waals surface area contributed by atoms with Gasteiger partial charge in [-0.15, -0.1) is 0 Å². The fourth-order valence-electron chi connectivity index (χ4n) is 1.60. The topological polar surface area (TPSA) is 29.1 Å². The Labute approximate surface area is 127 Å². The standard InChI is InChI=1S/C14H10Br2FNO/c1-8-3-2-4-10(13(8)16)14(19)18-12-6-5-9(15)7-11(12)17/h2-7H,1H3,(H,18,19). The number of rotatable bonds is 2. The molecule has 2 nitrogen and oxygen atoms in total. The molecule has 19 heavy (non-hydrogen) atoms. The van der Waals surface area contributed by atoms with E-state index in [0.29, 0.717) is 14.5 Å². The Morgan fingerprint density at radius 2 is 1.95 bits per heavy atom. The van der Waals surface area contributed by atoms with E-state index in [2.05, 4.69) is 37.2 Å². The lowest BCUT2D eigenvalue weighted by Crippen LogP contribution is -2.14. The predicted molar refractivity (Wildman–Crippen MR) is 80.9 cm³/mol. The molecular formula is C14H10Br2FNO. The van der Waals surface area contributed by atoms with Crippen molar-refractivity contribution in [2.24, 2.45) is 0 Å². The zero-order valence-electron chi connectivity index (χ0n) is 10.0. The first kappa shape index (κ1) is 14.2. The molecule has 2 rings (SSSR count). The average molecular weight is 387 g/mol. The summed E-state index contributed by atoms with van der Waals surface area (Å²) in [5, 5.41) is 2.56. The van der Waals surface area contributed by atoms with Crippen LogP contribution in [0.15, 0.2) is 45.3 Å². The van der Waals surface area contributed by atoms with E-state index in [0.717, 1.165) is 5.56 Å². The van der Waals surface area contributed by atoms with Gasteiger partial charge >= 0.3 is 0 Å². The highest BCUT2D eigenvalue weighted by Crippen LogP contribution is 2.24. The molecule has 0 aromatic heterocycles. The average Bonchev–Trinajstić information content (AvgIpc) is 2.36. The molecule has 2 aromatic rings. The fraction of sp³-hybridized carbons (Fsp3) is 0.0714. The van der Waals surface area contributed by atoms with Crippen LogP contribution in [0.3, 0.4) is 0 Å². The normalized spacial score (nSPS) is 10.3. The molecule has 0 saturated carbocycles. The Bertz CT molecular complexity index is 643. The van der Waals surface area contributed by atoms with Gasteiger partial charge in [-0.2, -0.15) is 0 Å². The van der Waals surface area contributed by atoms with E-state index in [1.807, 2.05) is 13.0 Å². The van der Waals surface area contributed by atoms with Gasteiger partial charge in [0, 0.05) is 8.95 Å². The zero-order valence-corrected chi connectivity index (χ0v) is 13.2. The molecule has 5 heteroatoms. The molecule has 0 spiro atoms. The number of nitrogens with one attached hydrogen (secondary N) is 1. The van der Waals surface area contributed by atoms with E-state index in [-0.39, 0.29) is 11.6 Å². The highest BCUT2D eigenvalue weighted by molar-refractivity contribution is 9.10. The number of carbonyl (C=O) groups is 1. The first-order valence-electron chi connectivity index (χ1n) is 5.50. The molecule has 0 fully saturated rings. The molecule has 1 amide bonds. The summed E-state index contributed by atoms with van der Waals surface area (Å²) in [5.74, 6) is -0.830. The SMILES string of the molecule is Cc1cccc(C(=O)Nc2ccc(Br)cc2F)c1Br. The van der Waals surface area contributed by atoms with Gasteiger partial charge in [-0.1, -0.05) is 28.1 Å². The Hall–Kier alpha value is -1.20. The molecule has 0 saturated heterocycles. The van der Waals surface area contributed by atoms with E-state index < -0.39 is 5.82 Å². The summed E-state index contributed by atoms with van der Waals surface area (Å²) in [5.41, 5.74) is 1.58. The fourth-order valence-corrected chi connectivity index (χ4v) is 2.38. The van der Waals surface area contributed by atoms with E-state index in [4.69, 9.17) is 0 Å². The highest BCUT2D eigenvalue weighted by Gasteiger charge is 2.13. The number of anilines is 1. The maximum Gasteiger partial charge on any atom is 0.256 e. The molecule has 0 heterocycles. The highest BCUT2D eigenvalue weighted by atomic mass is 79.9. The van der Waals surface area contributed by atoms with Crippen LogP contribution in [0.4, 0.5) is 10.1 Å². The predicted octanol–water partition coefficient (Wildman–Crippen LogP) is 4.91. The summed E-state index contributed by atoms with van der Waals surface area (Å²) in [6.45, 7) is 1.89. The molecule has 2 aromatic carbocycles. The first-order chi connectivity index (χ1) is 8.99. The van der Waals surface area contributed by atoms with Crippen LogP contribution in [0.5, 0.6) is 0 Å². The lowest BCUT2D eigenvalue weighted by Gasteiger charge is -2.09. The summed E-state index contributed by atoms with van der Waals surface area (Å²) in [7, 11) is 0. The van der Waals surface area contributed by atoms with Crippen LogP contribution < -0.4 is 5.32 Å². The van der Waals surface area contributed by atoms with Crippen LogP contribution >= 0.6 is 31.9 Å². The number of hydrogen-bond acceptors (Lipinski definition) is 1. The Kier molecular flexibility index (Phi) is 4.37. The molecule has 0 radical (unpaired) electrons. The third-order valence-corrected chi connectivity index (χ3v) is 4.16. The Morgan fingerprint density at radius 3 is 2.63 bits per heavy atom.